The highest BCUT2D eigenvalue weighted by Gasteiger charge is 2.16. The molecule has 9 heteroatoms. The molecule has 1 amide bonds. The number of benzene rings is 2. The minimum absolute atomic E-state index is 0.164. The van der Waals surface area contributed by atoms with E-state index < -0.39 is 4.92 Å². The van der Waals surface area contributed by atoms with E-state index in [1.807, 2.05) is 6.07 Å². The minimum Gasteiger partial charge on any atom is -0.496 e. The summed E-state index contributed by atoms with van der Waals surface area (Å²) in [5.74, 6) is 0.598. The van der Waals surface area contributed by atoms with Crippen LogP contribution >= 0.6 is 0 Å². The number of rotatable bonds is 6. The third-order valence-corrected chi connectivity index (χ3v) is 3.61. The second kappa shape index (κ2) is 7.91. The first-order chi connectivity index (χ1) is 13.1. The molecule has 0 fully saturated rings. The predicted octanol–water partition coefficient (Wildman–Crippen LogP) is 3.39. The van der Waals surface area contributed by atoms with Crippen molar-refractivity contribution in [1.29, 1.82) is 0 Å². The number of nitrogens with zero attached hydrogens (tertiary/aromatic N) is 3. The fourth-order valence-electron chi connectivity index (χ4n) is 2.31. The van der Waals surface area contributed by atoms with Crippen LogP contribution in [-0.4, -0.2) is 27.9 Å². The lowest BCUT2D eigenvalue weighted by molar-refractivity contribution is -0.384. The maximum Gasteiger partial charge on any atom is 0.296 e. The summed E-state index contributed by atoms with van der Waals surface area (Å²) < 4.78 is 5.01. The van der Waals surface area contributed by atoms with E-state index in [1.165, 1.54) is 31.6 Å². The summed E-state index contributed by atoms with van der Waals surface area (Å²) in [6.07, 6.45) is 1.25. The average Bonchev–Trinajstić information content (AvgIpc) is 2.69. The third-order valence-electron chi connectivity index (χ3n) is 3.61. The fraction of sp³-hybridized carbons (Fsp3) is 0.0556. The SMILES string of the molecule is COc1ccc(Nc2cc(NC(=O)c3ccccc3)ncn2)c([N+](=O)[O-])c1. The standard InChI is InChI=1S/C18H15N5O4/c1-27-13-7-8-14(15(9-13)23(25)26)21-16-10-17(20-11-19-16)22-18(24)12-5-3-2-4-6-12/h2-11H,1H3,(H2,19,20,21,22,24). The monoisotopic (exact) mass is 365 g/mol. The van der Waals surface area contributed by atoms with Crippen LogP contribution in [0.5, 0.6) is 5.75 Å². The quantitative estimate of drug-likeness (QED) is 0.507. The molecule has 0 aliphatic heterocycles. The summed E-state index contributed by atoms with van der Waals surface area (Å²) in [5, 5.41) is 16.8. The predicted molar refractivity (Wildman–Crippen MR) is 99.4 cm³/mol. The van der Waals surface area contributed by atoms with Crippen molar-refractivity contribution >= 4 is 28.9 Å². The van der Waals surface area contributed by atoms with Gasteiger partial charge in [-0.15, -0.1) is 0 Å². The zero-order valence-electron chi connectivity index (χ0n) is 14.2. The van der Waals surface area contributed by atoms with Crippen molar-refractivity contribution in [3.05, 3.63) is 76.6 Å². The van der Waals surface area contributed by atoms with E-state index in [9.17, 15) is 14.9 Å². The van der Waals surface area contributed by atoms with Gasteiger partial charge in [0.2, 0.25) is 0 Å². The number of methoxy groups -OCH3 is 1. The molecule has 27 heavy (non-hydrogen) atoms. The Hall–Kier alpha value is -4.01. The van der Waals surface area contributed by atoms with E-state index in [0.717, 1.165) is 0 Å². The number of ether oxygens (including phenoxy) is 1. The molecule has 0 aliphatic rings. The summed E-state index contributed by atoms with van der Waals surface area (Å²) in [4.78, 5) is 31.0. The highest BCUT2D eigenvalue weighted by Crippen LogP contribution is 2.31. The second-order valence-corrected chi connectivity index (χ2v) is 5.37. The molecule has 1 aromatic heterocycles. The summed E-state index contributed by atoms with van der Waals surface area (Å²) in [6.45, 7) is 0. The number of anilines is 3. The van der Waals surface area contributed by atoms with Gasteiger partial charge in [0, 0.05) is 11.6 Å². The highest BCUT2D eigenvalue weighted by molar-refractivity contribution is 6.03. The van der Waals surface area contributed by atoms with Crippen LogP contribution in [0.1, 0.15) is 10.4 Å². The number of hydrogen-bond donors (Lipinski definition) is 2. The second-order valence-electron chi connectivity index (χ2n) is 5.37. The first-order valence-electron chi connectivity index (χ1n) is 7.84. The van der Waals surface area contributed by atoms with Crippen molar-refractivity contribution in [3.8, 4) is 5.75 Å². The smallest absolute Gasteiger partial charge is 0.296 e. The molecular weight excluding hydrogens is 350 g/mol. The Kier molecular flexibility index (Phi) is 5.22. The maximum atomic E-state index is 12.2. The average molecular weight is 365 g/mol. The minimum atomic E-state index is -0.524. The Bertz CT molecular complexity index is 978. The van der Waals surface area contributed by atoms with E-state index >= 15 is 0 Å². The van der Waals surface area contributed by atoms with Crippen LogP contribution < -0.4 is 15.4 Å². The number of hydrogen-bond acceptors (Lipinski definition) is 7. The Balaban J connectivity index is 1.80. The molecule has 0 radical (unpaired) electrons. The summed E-state index contributed by atoms with van der Waals surface area (Å²) in [7, 11) is 1.43. The number of aromatic nitrogens is 2. The molecule has 0 atom stereocenters. The number of amides is 1. The fourth-order valence-corrected chi connectivity index (χ4v) is 2.31. The topological polar surface area (TPSA) is 119 Å². The van der Waals surface area contributed by atoms with Gasteiger partial charge in [-0.1, -0.05) is 18.2 Å². The van der Waals surface area contributed by atoms with Gasteiger partial charge in [-0.25, -0.2) is 9.97 Å². The van der Waals surface area contributed by atoms with Crippen LogP contribution in [0, 0.1) is 10.1 Å². The van der Waals surface area contributed by atoms with E-state index in [4.69, 9.17) is 4.74 Å². The van der Waals surface area contributed by atoms with Gasteiger partial charge in [0.25, 0.3) is 11.6 Å². The molecule has 0 spiro atoms. The summed E-state index contributed by atoms with van der Waals surface area (Å²) in [6, 6.07) is 14.6. The number of nitrogens with one attached hydrogen (secondary N) is 2. The molecule has 3 aromatic rings. The van der Waals surface area contributed by atoms with Crippen molar-refractivity contribution in [2.45, 2.75) is 0 Å². The van der Waals surface area contributed by atoms with E-state index in [0.29, 0.717) is 17.1 Å². The molecule has 3 rings (SSSR count). The third kappa shape index (κ3) is 4.34. The summed E-state index contributed by atoms with van der Waals surface area (Å²) >= 11 is 0. The van der Waals surface area contributed by atoms with Crippen LogP contribution in [0.15, 0.2) is 60.9 Å². The zero-order valence-corrected chi connectivity index (χ0v) is 14.2. The lowest BCUT2D eigenvalue weighted by Gasteiger charge is -2.09. The van der Waals surface area contributed by atoms with E-state index in [1.54, 1.807) is 30.3 Å². The number of carbonyl (C=O) groups excluding carboxylic acids is 1. The van der Waals surface area contributed by atoms with Gasteiger partial charge in [-0.3, -0.25) is 14.9 Å². The van der Waals surface area contributed by atoms with Crippen molar-refractivity contribution in [2.24, 2.45) is 0 Å². The molecule has 2 aromatic carbocycles. The van der Waals surface area contributed by atoms with Gasteiger partial charge in [-0.05, 0) is 24.3 Å². The molecular formula is C18H15N5O4. The van der Waals surface area contributed by atoms with Crippen LogP contribution in [0.3, 0.4) is 0 Å². The van der Waals surface area contributed by atoms with Crippen LogP contribution in [-0.2, 0) is 0 Å². The van der Waals surface area contributed by atoms with Crippen molar-refractivity contribution in [3.63, 3.8) is 0 Å². The van der Waals surface area contributed by atoms with Crippen molar-refractivity contribution < 1.29 is 14.5 Å². The van der Waals surface area contributed by atoms with Gasteiger partial charge in [0.1, 0.15) is 29.4 Å². The van der Waals surface area contributed by atoms with Crippen molar-refractivity contribution in [2.75, 3.05) is 17.7 Å². The molecule has 0 saturated heterocycles. The summed E-state index contributed by atoms with van der Waals surface area (Å²) in [5.41, 5.74) is 0.555. The Morgan fingerprint density at radius 1 is 1.07 bits per heavy atom. The van der Waals surface area contributed by atoms with Crippen LogP contribution in [0.2, 0.25) is 0 Å². The molecule has 0 saturated carbocycles. The van der Waals surface area contributed by atoms with Gasteiger partial charge < -0.3 is 15.4 Å². The molecule has 136 valence electrons. The molecule has 0 aliphatic carbocycles. The molecule has 0 unspecified atom stereocenters. The lowest BCUT2D eigenvalue weighted by atomic mass is 10.2. The Morgan fingerprint density at radius 2 is 1.81 bits per heavy atom. The Labute approximate surface area is 154 Å². The van der Waals surface area contributed by atoms with Gasteiger partial charge in [0.15, 0.2) is 0 Å². The van der Waals surface area contributed by atoms with Crippen molar-refractivity contribution in [1.82, 2.24) is 9.97 Å². The number of nitro benzene ring substituents is 1. The van der Waals surface area contributed by atoms with Crippen LogP contribution in [0.25, 0.3) is 0 Å². The first-order valence-corrected chi connectivity index (χ1v) is 7.84. The first kappa shape index (κ1) is 17.8. The number of carbonyl (C=O) groups is 1. The van der Waals surface area contributed by atoms with Gasteiger partial charge >= 0.3 is 0 Å². The highest BCUT2D eigenvalue weighted by atomic mass is 16.6. The molecule has 2 N–H and O–H groups in total. The lowest BCUT2D eigenvalue weighted by Crippen LogP contribution is -2.13. The largest absolute Gasteiger partial charge is 0.496 e. The zero-order chi connectivity index (χ0) is 19.2. The Morgan fingerprint density at radius 3 is 2.52 bits per heavy atom. The van der Waals surface area contributed by atoms with Crippen LogP contribution in [0.4, 0.5) is 23.0 Å². The maximum absolute atomic E-state index is 12.2. The van der Waals surface area contributed by atoms with Gasteiger partial charge in [0.05, 0.1) is 18.1 Å². The molecule has 9 nitrogen and oxygen atoms in total. The normalized spacial score (nSPS) is 10.1. The van der Waals surface area contributed by atoms with Gasteiger partial charge in [-0.2, -0.15) is 0 Å². The molecule has 1 heterocycles. The van der Waals surface area contributed by atoms with E-state index in [2.05, 4.69) is 20.6 Å². The van der Waals surface area contributed by atoms with E-state index in [-0.39, 0.29) is 23.1 Å². The number of nitro groups is 1. The molecule has 0 bridgehead atoms.